The van der Waals surface area contributed by atoms with E-state index in [1.54, 1.807) is 24.4 Å². The van der Waals surface area contributed by atoms with Gasteiger partial charge >= 0.3 is 0 Å². The first-order valence-corrected chi connectivity index (χ1v) is 7.86. The molecule has 0 unspecified atom stereocenters. The quantitative estimate of drug-likeness (QED) is 0.388. The maximum atomic E-state index is 9.47. The molecule has 5 heteroatoms. The fraction of sp³-hybridized carbons (Fsp3) is 0. The second-order valence-corrected chi connectivity index (χ2v) is 5.76. The fourth-order valence-corrected chi connectivity index (χ4v) is 2.62. The molecule has 4 aromatic rings. The normalized spacial score (nSPS) is 11.4. The molecule has 0 saturated carbocycles. The summed E-state index contributed by atoms with van der Waals surface area (Å²) in [4.78, 5) is 12.3. The summed E-state index contributed by atoms with van der Waals surface area (Å²) in [5.41, 5.74) is 11.0. The number of aromatic nitrogens is 2. The van der Waals surface area contributed by atoms with E-state index in [1.165, 1.54) is 0 Å². The van der Waals surface area contributed by atoms with E-state index in [1.807, 2.05) is 48.5 Å². The van der Waals surface area contributed by atoms with Crippen LogP contribution in [0.3, 0.4) is 0 Å². The van der Waals surface area contributed by atoms with Crippen LogP contribution in [-0.2, 0) is 0 Å². The van der Waals surface area contributed by atoms with E-state index in [2.05, 4.69) is 15.0 Å². The number of phenolic OH excluding ortho intramolecular Hbond substituents is 1. The lowest BCUT2D eigenvalue weighted by atomic mass is 10.2. The summed E-state index contributed by atoms with van der Waals surface area (Å²) < 4.78 is 0. The number of aromatic hydroxyl groups is 1. The molecule has 0 atom stereocenters. The molecule has 5 nitrogen and oxygen atoms in total. The van der Waals surface area contributed by atoms with Crippen LogP contribution in [0, 0.1) is 0 Å². The van der Waals surface area contributed by atoms with Gasteiger partial charge in [0.1, 0.15) is 11.6 Å². The van der Waals surface area contributed by atoms with Crippen LogP contribution in [0.25, 0.3) is 22.4 Å². The van der Waals surface area contributed by atoms with Crippen molar-refractivity contribution < 1.29 is 5.11 Å². The summed E-state index contributed by atoms with van der Waals surface area (Å²) in [6.07, 6.45) is 1.72. The molecule has 0 radical (unpaired) electrons. The molecular formula is C20H16N4O. The molecule has 0 aliphatic heterocycles. The van der Waals surface area contributed by atoms with E-state index in [-0.39, 0.29) is 5.75 Å². The molecule has 122 valence electrons. The molecule has 1 heterocycles. The maximum Gasteiger partial charge on any atom is 0.138 e. The number of hydrogen-bond acceptors (Lipinski definition) is 4. The van der Waals surface area contributed by atoms with Crippen molar-refractivity contribution in [3.05, 3.63) is 72.3 Å². The number of anilines is 1. The predicted molar refractivity (Wildman–Crippen MR) is 101 cm³/mol. The van der Waals surface area contributed by atoms with Crippen LogP contribution in [0.15, 0.2) is 71.7 Å². The SMILES string of the molecule is Nc1ccc2nc(-c3ccc(N=Cc4cccc(O)c4)cc3)[nH]c2c1. The van der Waals surface area contributed by atoms with Gasteiger partial charge in [-0.1, -0.05) is 12.1 Å². The highest BCUT2D eigenvalue weighted by Gasteiger charge is 2.05. The van der Waals surface area contributed by atoms with Crippen molar-refractivity contribution in [3.63, 3.8) is 0 Å². The number of hydrogen-bond donors (Lipinski definition) is 3. The van der Waals surface area contributed by atoms with Crippen molar-refractivity contribution in [2.24, 2.45) is 4.99 Å². The molecule has 1 aromatic heterocycles. The number of nitrogens with one attached hydrogen (secondary N) is 1. The smallest absolute Gasteiger partial charge is 0.138 e. The average Bonchev–Trinajstić information content (AvgIpc) is 3.03. The van der Waals surface area contributed by atoms with Gasteiger partial charge in [-0.25, -0.2) is 4.98 Å². The minimum absolute atomic E-state index is 0.227. The van der Waals surface area contributed by atoms with Gasteiger partial charge in [-0.3, -0.25) is 4.99 Å². The Balaban J connectivity index is 1.58. The molecular weight excluding hydrogens is 312 g/mol. The van der Waals surface area contributed by atoms with Gasteiger partial charge in [-0.2, -0.15) is 0 Å². The summed E-state index contributed by atoms with van der Waals surface area (Å²) in [7, 11) is 0. The van der Waals surface area contributed by atoms with Gasteiger partial charge in [0.05, 0.1) is 16.7 Å². The lowest BCUT2D eigenvalue weighted by molar-refractivity contribution is 0.475. The maximum absolute atomic E-state index is 9.47. The van der Waals surface area contributed by atoms with Crippen molar-refractivity contribution in [1.29, 1.82) is 0 Å². The first-order chi connectivity index (χ1) is 12.2. The Morgan fingerprint density at radius 1 is 1.00 bits per heavy atom. The summed E-state index contributed by atoms with van der Waals surface area (Å²) in [6, 6.07) is 20.4. The number of rotatable bonds is 3. The number of nitrogens with two attached hydrogens (primary N) is 1. The Bertz CT molecular complexity index is 1060. The second kappa shape index (κ2) is 6.13. The topological polar surface area (TPSA) is 87.3 Å². The predicted octanol–water partition coefficient (Wildman–Crippen LogP) is 4.27. The third-order valence-electron chi connectivity index (χ3n) is 3.88. The molecule has 0 aliphatic rings. The summed E-state index contributed by atoms with van der Waals surface area (Å²) in [5, 5.41) is 9.47. The molecule has 4 N–H and O–H groups in total. The van der Waals surface area contributed by atoms with Crippen LogP contribution in [0.2, 0.25) is 0 Å². The van der Waals surface area contributed by atoms with Gasteiger partial charge < -0.3 is 15.8 Å². The van der Waals surface area contributed by atoms with E-state index < -0.39 is 0 Å². The zero-order valence-electron chi connectivity index (χ0n) is 13.3. The first-order valence-electron chi connectivity index (χ1n) is 7.86. The van der Waals surface area contributed by atoms with Crippen LogP contribution >= 0.6 is 0 Å². The van der Waals surface area contributed by atoms with E-state index in [4.69, 9.17) is 5.73 Å². The van der Waals surface area contributed by atoms with Gasteiger partial charge in [-0.15, -0.1) is 0 Å². The number of H-pyrrole nitrogens is 1. The van der Waals surface area contributed by atoms with Gasteiger partial charge in [0, 0.05) is 17.5 Å². The number of nitrogen functional groups attached to an aromatic ring is 1. The number of fused-ring (bicyclic) bond motifs is 1. The second-order valence-electron chi connectivity index (χ2n) is 5.76. The van der Waals surface area contributed by atoms with Crippen molar-refractivity contribution >= 4 is 28.6 Å². The Kier molecular flexibility index (Phi) is 3.67. The van der Waals surface area contributed by atoms with E-state index in [0.717, 1.165) is 33.7 Å². The number of phenols is 1. The average molecular weight is 328 g/mol. The van der Waals surface area contributed by atoms with E-state index in [0.29, 0.717) is 5.69 Å². The Morgan fingerprint density at radius 2 is 1.84 bits per heavy atom. The Hall–Kier alpha value is -3.60. The molecule has 0 bridgehead atoms. The lowest BCUT2D eigenvalue weighted by Crippen LogP contribution is -1.82. The molecule has 25 heavy (non-hydrogen) atoms. The number of nitrogens with zero attached hydrogens (tertiary/aromatic N) is 2. The molecule has 0 aliphatic carbocycles. The van der Waals surface area contributed by atoms with Crippen LogP contribution < -0.4 is 5.73 Å². The van der Waals surface area contributed by atoms with E-state index in [9.17, 15) is 5.11 Å². The Morgan fingerprint density at radius 3 is 2.64 bits per heavy atom. The standard InChI is InChI=1S/C20H16N4O/c21-15-6-9-18-19(11-15)24-20(23-18)14-4-7-16(8-5-14)22-12-13-2-1-3-17(25)10-13/h1-12,25H,21H2,(H,23,24). The number of aliphatic imine (C=N–C) groups is 1. The molecule has 4 rings (SSSR count). The van der Waals surface area contributed by atoms with Crippen LogP contribution in [0.1, 0.15) is 5.56 Å². The fourth-order valence-electron chi connectivity index (χ4n) is 2.62. The highest BCUT2D eigenvalue weighted by molar-refractivity contribution is 5.84. The van der Waals surface area contributed by atoms with Crippen molar-refractivity contribution in [2.75, 3.05) is 5.73 Å². The largest absolute Gasteiger partial charge is 0.508 e. The number of benzene rings is 3. The third-order valence-corrected chi connectivity index (χ3v) is 3.88. The van der Waals surface area contributed by atoms with Crippen molar-refractivity contribution in [2.45, 2.75) is 0 Å². The molecule has 0 saturated heterocycles. The van der Waals surface area contributed by atoms with Crippen molar-refractivity contribution in [3.8, 4) is 17.1 Å². The lowest BCUT2D eigenvalue weighted by Gasteiger charge is -1.98. The Labute approximate surface area is 144 Å². The minimum Gasteiger partial charge on any atom is -0.508 e. The summed E-state index contributed by atoms with van der Waals surface area (Å²) in [6.45, 7) is 0. The summed E-state index contributed by atoms with van der Waals surface area (Å²) >= 11 is 0. The molecule has 3 aromatic carbocycles. The van der Waals surface area contributed by atoms with Gasteiger partial charge in [0.15, 0.2) is 0 Å². The van der Waals surface area contributed by atoms with Gasteiger partial charge in [-0.05, 0) is 60.2 Å². The van der Waals surface area contributed by atoms with E-state index >= 15 is 0 Å². The first kappa shape index (κ1) is 15.0. The highest BCUT2D eigenvalue weighted by atomic mass is 16.3. The number of imidazole rings is 1. The number of aromatic amines is 1. The highest BCUT2D eigenvalue weighted by Crippen LogP contribution is 2.24. The van der Waals surface area contributed by atoms with Crippen LogP contribution in [0.4, 0.5) is 11.4 Å². The zero-order valence-corrected chi connectivity index (χ0v) is 13.3. The summed E-state index contributed by atoms with van der Waals surface area (Å²) in [5.74, 6) is 1.02. The molecule has 0 amide bonds. The monoisotopic (exact) mass is 328 g/mol. The molecule has 0 fully saturated rings. The zero-order chi connectivity index (χ0) is 17.2. The van der Waals surface area contributed by atoms with Gasteiger partial charge in [0.25, 0.3) is 0 Å². The van der Waals surface area contributed by atoms with Crippen LogP contribution in [0.5, 0.6) is 5.75 Å². The minimum atomic E-state index is 0.227. The van der Waals surface area contributed by atoms with Gasteiger partial charge in [0.2, 0.25) is 0 Å². The third kappa shape index (κ3) is 3.21. The molecule has 0 spiro atoms. The van der Waals surface area contributed by atoms with Crippen LogP contribution in [-0.4, -0.2) is 21.3 Å². The van der Waals surface area contributed by atoms with Crippen molar-refractivity contribution in [1.82, 2.24) is 9.97 Å².